The minimum Gasteiger partial charge on any atom is -0.456 e. The van der Waals surface area contributed by atoms with Crippen LogP contribution in [0.5, 0.6) is 0 Å². The SMILES string of the molecule is CC(C)[C@@H](OCOCc1ccccc1)[C@@H](C)C[C@@H](C)C[C@@H](C)C/C=C/C(=O)OC1(C)CCCC1. The highest BCUT2D eigenvalue weighted by Crippen LogP contribution is 2.33. The van der Waals surface area contributed by atoms with Crippen molar-refractivity contribution in [2.24, 2.45) is 23.7 Å². The smallest absolute Gasteiger partial charge is 0.330 e. The average Bonchev–Trinajstić information content (AvgIpc) is 3.19. The molecule has 0 bridgehead atoms. The summed E-state index contributed by atoms with van der Waals surface area (Å²) in [4.78, 5) is 12.1. The van der Waals surface area contributed by atoms with Crippen LogP contribution >= 0.6 is 0 Å². The summed E-state index contributed by atoms with van der Waals surface area (Å²) in [6.45, 7) is 14.3. The van der Waals surface area contributed by atoms with Crippen LogP contribution in [0.4, 0.5) is 0 Å². The van der Waals surface area contributed by atoms with Crippen LogP contribution in [-0.4, -0.2) is 24.5 Å². The lowest BCUT2D eigenvalue weighted by Gasteiger charge is -2.30. The molecule has 1 aliphatic rings. The van der Waals surface area contributed by atoms with Gasteiger partial charge in [0, 0.05) is 6.08 Å². The highest BCUT2D eigenvalue weighted by Gasteiger charge is 2.31. The number of rotatable bonds is 15. The van der Waals surface area contributed by atoms with E-state index in [-0.39, 0.29) is 17.7 Å². The van der Waals surface area contributed by atoms with E-state index in [4.69, 9.17) is 14.2 Å². The predicted octanol–water partition coefficient (Wildman–Crippen LogP) is 7.71. The van der Waals surface area contributed by atoms with E-state index in [1.165, 1.54) is 0 Å². The molecule has 1 saturated carbocycles. The van der Waals surface area contributed by atoms with Crippen molar-refractivity contribution in [1.29, 1.82) is 0 Å². The zero-order chi connectivity index (χ0) is 25.0. The summed E-state index contributed by atoms with van der Waals surface area (Å²) in [5.41, 5.74) is 0.914. The van der Waals surface area contributed by atoms with Gasteiger partial charge in [0.05, 0.1) is 12.7 Å². The minimum atomic E-state index is -0.251. The van der Waals surface area contributed by atoms with Crippen LogP contribution in [0.15, 0.2) is 42.5 Å². The van der Waals surface area contributed by atoms with Crippen molar-refractivity contribution < 1.29 is 19.0 Å². The molecule has 0 saturated heterocycles. The third-order valence-corrected chi connectivity index (χ3v) is 7.05. The Morgan fingerprint density at radius 3 is 2.32 bits per heavy atom. The third-order valence-electron chi connectivity index (χ3n) is 7.05. The quantitative estimate of drug-likeness (QED) is 0.113. The number of carbonyl (C=O) groups is 1. The number of esters is 1. The van der Waals surface area contributed by atoms with Gasteiger partial charge in [-0.3, -0.25) is 0 Å². The second-order valence-electron chi connectivity index (χ2n) is 11.2. The first kappa shape index (κ1) is 28.6. The summed E-state index contributed by atoms with van der Waals surface area (Å²) in [6.07, 6.45) is 11.2. The number of allylic oxidation sites excluding steroid dienone is 1. The zero-order valence-electron chi connectivity index (χ0n) is 22.4. The molecule has 1 aromatic carbocycles. The standard InChI is InChI=1S/C30H48O4/c1-23(2)29(33-22-32-21-27-14-8-7-9-15-27)26(5)20-25(4)19-24(3)13-12-16-28(31)34-30(6)17-10-11-18-30/h7-9,12,14-16,23-26,29H,10-11,13,17-22H2,1-6H3/b16-12+/t24-,25-,26-,29+/m0/s1. The van der Waals surface area contributed by atoms with Gasteiger partial charge < -0.3 is 14.2 Å². The van der Waals surface area contributed by atoms with Crippen molar-refractivity contribution in [1.82, 2.24) is 0 Å². The first-order valence-electron chi connectivity index (χ1n) is 13.3. The second-order valence-corrected chi connectivity index (χ2v) is 11.2. The summed E-state index contributed by atoms with van der Waals surface area (Å²) in [7, 11) is 0. The van der Waals surface area contributed by atoms with E-state index < -0.39 is 0 Å². The molecule has 1 aromatic rings. The van der Waals surface area contributed by atoms with E-state index in [2.05, 4.69) is 53.7 Å². The second kappa shape index (κ2) is 14.7. The van der Waals surface area contributed by atoms with Gasteiger partial charge in [0.2, 0.25) is 0 Å². The lowest BCUT2D eigenvalue weighted by Crippen LogP contribution is -2.30. The molecule has 34 heavy (non-hydrogen) atoms. The third kappa shape index (κ3) is 10.7. The molecule has 0 heterocycles. The van der Waals surface area contributed by atoms with Crippen molar-refractivity contribution in [2.45, 2.75) is 105 Å². The van der Waals surface area contributed by atoms with Crippen LogP contribution in [0.1, 0.15) is 92.1 Å². The van der Waals surface area contributed by atoms with Gasteiger partial charge >= 0.3 is 5.97 Å². The van der Waals surface area contributed by atoms with Crippen molar-refractivity contribution in [3.8, 4) is 0 Å². The van der Waals surface area contributed by atoms with Crippen molar-refractivity contribution in [2.75, 3.05) is 6.79 Å². The molecule has 0 radical (unpaired) electrons. The van der Waals surface area contributed by atoms with Gasteiger partial charge in [-0.1, -0.05) is 71.0 Å². The van der Waals surface area contributed by atoms with Crippen molar-refractivity contribution >= 4 is 5.97 Å². The van der Waals surface area contributed by atoms with Gasteiger partial charge in [0.1, 0.15) is 12.4 Å². The molecule has 4 heteroatoms. The zero-order valence-corrected chi connectivity index (χ0v) is 22.4. The van der Waals surface area contributed by atoms with Gasteiger partial charge in [-0.15, -0.1) is 0 Å². The molecular weight excluding hydrogens is 424 g/mol. The van der Waals surface area contributed by atoms with Gasteiger partial charge in [-0.2, -0.15) is 0 Å². The molecule has 4 nitrogen and oxygen atoms in total. The van der Waals surface area contributed by atoms with Crippen LogP contribution in [0, 0.1) is 23.7 Å². The molecule has 0 aliphatic heterocycles. The summed E-state index contributed by atoms with van der Waals surface area (Å²) in [6, 6.07) is 10.2. The molecule has 1 aliphatic carbocycles. The van der Waals surface area contributed by atoms with E-state index in [1.807, 2.05) is 24.3 Å². The maximum Gasteiger partial charge on any atom is 0.330 e. The number of ether oxygens (including phenoxy) is 3. The maximum atomic E-state index is 12.1. The Bertz CT molecular complexity index is 721. The molecule has 1 fully saturated rings. The number of benzene rings is 1. The van der Waals surface area contributed by atoms with E-state index in [0.717, 1.165) is 50.5 Å². The van der Waals surface area contributed by atoms with Crippen molar-refractivity contribution in [3.05, 3.63) is 48.0 Å². The normalized spacial score (nSPS) is 19.3. The maximum absolute atomic E-state index is 12.1. The predicted molar refractivity (Wildman–Crippen MR) is 139 cm³/mol. The van der Waals surface area contributed by atoms with E-state index in [9.17, 15) is 4.79 Å². The van der Waals surface area contributed by atoms with Crippen LogP contribution < -0.4 is 0 Å². The fourth-order valence-corrected chi connectivity index (χ4v) is 5.42. The Hall–Kier alpha value is -1.65. The summed E-state index contributed by atoms with van der Waals surface area (Å²) < 4.78 is 17.6. The Labute approximate surface area is 208 Å². The van der Waals surface area contributed by atoms with Crippen LogP contribution in [0.25, 0.3) is 0 Å². The molecule has 0 amide bonds. The molecule has 0 spiro atoms. The number of carbonyl (C=O) groups excluding carboxylic acids is 1. The number of hydrogen-bond donors (Lipinski definition) is 0. The largest absolute Gasteiger partial charge is 0.456 e. The van der Waals surface area contributed by atoms with Gasteiger partial charge in [-0.25, -0.2) is 4.79 Å². The molecule has 0 aromatic heterocycles. The fraction of sp³-hybridized carbons (Fsp3) is 0.700. The Balaban J connectivity index is 1.67. The number of hydrogen-bond acceptors (Lipinski definition) is 4. The average molecular weight is 473 g/mol. The monoisotopic (exact) mass is 472 g/mol. The topological polar surface area (TPSA) is 44.8 Å². The van der Waals surface area contributed by atoms with Gasteiger partial charge in [-0.05, 0) is 81.1 Å². The summed E-state index contributed by atoms with van der Waals surface area (Å²) in [5, 5.41) is 0. The minimum absolute atomic E-state index is 0.181. The van der Waals surface area contributed by atoms with Crippen LogP contribution in [-0.2, 0) is 25.6 Å². The van der Waals surface area contributed by atoms with Crippen molar-refractivity contribution in [3.63, 3.8) is 0 Å². The van der Waals surface area contributed by atoms with Crippen LogP contribution in [0.3, 0.4) is 0 Å². The van der Waals surface area contributed by atoms with E-state index in [0.29, 0.717) is 37.1 Å². The Morgan fingerprint density at radius 2 is 1.68 bits per heavy atom. The molecule has 4 atom stereocenters. The molecule has 2 rings (SSSR count). The Kier molecular flexibility index (Phi) is 12.3. The first-order chi connectivity index (χ1) is 16.2. The van der Waals surface area contributed by atoms with E-state index in [1.54, 1.807) is 6.08 Å². The van der Waals surface area contributed by atoms with Gasteiger partial charge in [0.15, 0.2) is 0 Å². The highest BCUT2D eigenvalue weighted by molar-refractivity contribution is 5.82. The van der Waals surface area contributed by atoms with Crippen LogP contribution in [0.2, 0.25) is 0 Å². The highest BCUT2D eigenvalue weighted by atomic mass is 16.7. The molecular formula is C30H48O4. The first-order valence-corrected chi connectivity index (χ1v) is 13.3. The summed E-state index contributed by atoms with van der Waals surface area (Å²) >= 11 is 0. The molecule has 192 valence electrons. The molecule has 0 N–H and O–H groups in total. The van der Waals surface area contributed by atoms with Gasteiger partial charge in [0.25, 0.3) is 0 Å². The molecule has 0 unspecified atom stereocenters. The lowest BCUT2D eigenvalue weighted by molar-refractivity contribution is -0.151. The van der Waals surface area contributed by atoms with E-state index >= 15 is 0 Å². The lowest BCUT2D eigenvalue weighted by atomic mass is 9.83. The fourth-order valence-electron chi connectivity index (χ4n) is 5.42. The summed E-state index contributed by atoms with van der Waals surface area (Å²) in [5.74, 6) is 1.83. The Morgan fingerprint density at radius 1 is 1.00 bits per heavy atom.